The first-order chi connectivity index (χ1) is 5.91. The summed E-state index contributed by atoms with van der Waals surface area (Å²) in [6.45, 7) is -0.774. The Hall–Kier alpha value is 1.05. The minimum absolute atomic E-state index is 0. The topological polar surface area (TPSA) is 121 Å². The Kier molecular flexibility index (Phi) is 10.3. The van der Waals surface area contributed by atoms with Gasteiger partial charge in [0.15, 0.2) is 5.56 Å². The molecule has 0 saturated carbocycles. The maximum absolute atomic E-state index is 9.04. The van der Waals surface area contributed by atoms with Gasteiger partial charge in [0, 0.05) is 29.6 Å². The summed E-state index contributed by atoms with van der Waals surface area (Å²) in [5.74, 6) is 0. The van der Waals surface area contributed by atoms with Crippen molar-refractivity contribution in [1.82, 2.24) is 0 Å². The zero-order valence-corrected chi connectivity index (χ0v) is 10.4. The molecule has 81 valence electrons. The Morgan fingerprint density at radius 3 is 1.57 bits per heavy atom. The molecule has 0 bridgehead atoms. The molecule has 0 heterocycles. The third-order valence-corrected chi connectivity index (χ3v) is 1.82. The molecule has 0 saturated heterocycles. The number of hydrogen-bond donors (Lipinski definition) is 6. The fourth-order valence-corrected chi connectivity index (χ4v) is 0.849. The van der Waals surface area contributed by atoms with Gasteiger partial charge in [0.2, 0.25) is 0 Å². The van der Waals surface area contributed by atoms with Crippen LogP contribution in [0.2, 0.25) is 0 Å². The second kappa shape index (κ2) is 8.23. The van der Waals surface area contributed by atoms with Crippen molar-refractivity contribution in [1.29, 1.82) is 0 Å². The van der Waals surface area contributed by atoms with Crippen LogP contribution in [0.15, 0.2) is 0 Å². The van der Waals surface area contributed by atoms with Gasteiger partial charge in [0.05, 0.1) is 6.61 Å². The van der Waals surface area contributed by atoms with Crippen LogP contribution >= 0.6 is 11.6 Å². The van der Waals surface area contributed by atoms with Crippen molar-refractivity contribution in [3.05, 3.63) is 0 Å². The SMILES string of the molecule is OC[C@@H](O)[C@@H](O)[C@H](O)[C@@H](O)C(O)Cl.[Na]. The maximum Gasteiger partial charge on any atom is 0.156 e. The van der Waals surface area contributed by atoms with Crippen LogP contribution < -0.4 is 0 Å². The minimum Gasteiger partial charge on any atom is -0.394 e. The van der Waals surface area contributed by atoms with Gasteiger partial charge >= 0.3 is 0 Å². The van der Waals surface area contributed by atoms with Crippen molar-refractivity contribution in [3.63, 3.8) is 0 Å². The first-order valence-corrected chi connectivity index (χ1v) is 4.00. The van der Waals surface area contributed by atoms with Crippen molar-refractivity contribution in [3.8, 4) is 0 Å². The number of alkyl halides is 1. The summed E-state index contributed by atoms with van der Waals surface area (Å²) in [6.07, 6.45) is -6.99. The molecule has 0 rings (SSSR count). The Labute approximate surface area is 108 Å². The average molecular weight is 240 g/mol. The van der Waals surface area contributed by atoms with E-state index in [0.717, 1.165) is 0 Å². The van der Waals surface area contributed by atoms with Gasteiger partial charge in [-0.1, -0.05) is 11.6 Å². The summed E-state index contributed by atoms with van der Waals surface area (Å²) in [5, 5.41) is 52.8. The summed E-state index contributed by atoms with van der Waals surface area (Å²) in [7, 11) is 0. The van der Waals surface area contributed by atoms with Gasteiger partial charge in [0.1, 0.15) is 24.4 Å². The predicted octanol–water partition coefficient (Wildman–Crippen LogP) is -3.40. The summed E-state index contributed by atoms with van der Waals surface area (Å²) in [4.78, 5) is 0. The van der Waals surface area contributed by atoms with Gasteiger partial charge in [-0.25, -0.2) is 0 Å². The van der Waals surface area contributed by atoms with Crippen LogP contribution in [0, 0.1) is 0 Å². The summed E-state index contributed by atoms with van der Waals surface area (Å²) < 4.78 is 0. The van der Waals surface area contributed by atoms with E-state index in [2.05, 4.69) is 0 Å². The molecule has 0 spiro atoms. The molecule has 0 aliphatic rings. The molecule has 0 aliphatic heterocycles. The van der Waals surface area contributed by atoms with E-state index >= 15 is 0 Å². The van der Waals surface area contributed by atoms with Crippen molar-refractivity contribution >= 4 is 41.2 Å². The Balaban J connectivity index is 0. The van der Waals surface area contributed by atoms with Gasteiger partial charge in [-0.15, -0.1) is 0 Å². The zero-order valence-electron chi connectivity index (χ0n) is 7.66. The van der Waals surface area contributed by atoms with Crippen LogP contribution in [-0.2, 0) is 0 Å². The molecule has 0 aromatic heterocycles. The van der Waals surface area contributed by atoms with Crippen LogP contribution in [0.5, 0.6) is 0 Å². The number of rotatable bonds is 5. The van der Waals surface area contributed by atoms with E-state index in [-0.39, 0.29) is 29.6 Å². The number of aliphatic hydroxyl groups excluding tert-OH is 6. The molecule has 8 heteroatoms. The molecule has 1 unspecified atom stereocenters. The smallest absolute Gasteiger partial charge is 0.156 e. The maximum atomic E-state index is 9.04. The quantitative estimate of drug-likeness (QED) is 0.220. The van der Waals surface area contributed by atoms with Crippen molar-refractivity contribution in [2.24, 2.45) is 0 Å². The largest absolute Gasteiger partial charge is 0.394 e. The first-order valence-electron chi connectivity index (χ1n) is 3.57. The summed E-state index contributed by atoms with van der Waals surface area (Å²) in [6, 6.07) is 0. The molecule has 1 radical (unpaired) electrons. The molecule has 0 aromatic rings. The van der Waals surface area contributed by atoms with E-state index in [0.29, 0.717) is 0 Å². The Morgan fingerprint density at radius 1 is 0.857 bits per heavy atom. The van der Waals surface area contributed by atoms with Crippen molar-refractivity contribution in [2.45, 2.75) is 30.0 Å². The van der Waals surface area contributed by atoms with Crippen LogP contribution in [0.3, 0.4) is 0 Å². The molecule has 0 amide bonds. The van der Waals surface area contributed by atoms with Crippen LogP contribution in [0.1, 0.15) is 0 Å². The molecular formula is C6H13ClNaO6. The van der Waals surface area contributed by atoms with Crippen molar-refractivity contribution < 1.29 is 30.6 Å². The molecule has 0 fully saturated rings. The second-order valence-corrected chi connectivity index (χ2v) is 3.04. The third-order valence-electron chi connectivity index (χ3n) is 1.56. The molecule has 5 atom stereocenters. The van der Waals surface area contributed by atoms with Gasteiger partial charge in [-0.2, -0.15) is 0 Å². The fraction of sp³-hybridized carbons (Fsp3) is 1.00. The van der Waals surface area contributed by atoms with E-state index in [9.17, 15) is 0 Å². The Morgan fingerprint density at radius 2 is 1.29 bits per heavy atom. The fourth-order valence-electron chi connectivity index (χ4n) is 0.700. The number of hydrogen-bond acceptors (Lipinski definition) is 6. The molecule has 14 heavy (non-hydrogen) atoms. The van der Waals surface area contributed by atoms with E-state index in [4.69, 9.17) is 42.2 Å². The van der Waals surface area contributed by atoms with Gasteiger partial charge < -0.3 is 30.6 Å². The molecule has 0 aliphatic carbocycles. The molecular weight excluding hydrogens is 227 g/mol. The molecule has 6 nitrogen and oxygen atoms in total. The van der Waals surface area contributed by atoms with E-state index in [1.807, 2.05) is 0 Å². The van der Waals surface area contributed by atoms with Crippen LogP contribution in [0.4, 0.5) is 0 Å². The normalized spacial score (nSPS) is 21.6. The van der Waals surface area contributed by atoms with E-state index in [1.54, 1.807) is 0 Å². The average Bonchev–Trinajstić information content (AvgIpc) is 2.12. The third kappa shape index (κ3) is 5.22. The van der Waals surface area contributed by atoms with Gasteiger partial charge in [-0.3, -0.25) is 0 Å². The standard InChI is InChI=1S/C6H13ClO6.Na/c7-6(13)5(12)4(11)3(10)2(9)1-8;/h2-6,8-13H,1H2;/t2-,3-,4+,5-,6?;/m1./s1. The zero-order chi connectivity index (χ0) is 10.6. The predicted molar refractivity (Wildman–Crippen MR) is 48.7 cm³/mol. The van der Waals surface area contributed by atoms with E-state index in [1.165, 1.54) is 0 Å². The van der Waals surface area contributed by atoms with Gasteiger partial charge in [-0.05, 0) is 0 Å². The number of aliphatic hydroxyl groups is 6. The van der Waals surface area contributed by atoms with Crippen LogP contribution in [0.25, 0.3) is 0 Å². The summed E-state index contributed by atoms with van der Waals surface area (Å²) >= 11 is 5.01. The van der Waals surface area contributed by atoms with Gasteiger partial charge in [0.25, 0.3) is 0 Å². The molecule has 6 N–H and O–H groups in total. The van der Waals surface area contributed by atoms with E-state index < -0.39 is 36.6 Å². The monoisotopic (exact) mass is 239 g/mol. The number of halogens is 1. The van der Waals surface area contributed by atoms with Crippen LogP contribution in [-0.4, -0.2) is 96.8 Å². The minimum atomic E-state index is -1.82. The Bertz CT molecular complexity index is 148. The summed E-state index contributed by atoms with van der Waals surface area (Å²) in [5.41, 5.74) is -1.75. The first kappa shape index (κ1) is 17.4. The second-order valence-electron chi connectivity index (χ2n) is 2.59. The molecule has 0 aromatic carbocycles. The van der Waals surface area contributed by atoms with Crippen molar-refractivity contribution in [2.75, 3.05) is 6.61 Å².